The first kappa shape index (κ1) is 15.4. The van der Waals surface area contributed by atoms with Crippen molar-refractivity contribution in [1.29, 1.82) is 0 Å². The summed E-state index contributed by atoms with van der Waals surface area (Å²) in [4.78, 5) is 10.0. The first-order chi connectivity index (χ1) is 10.3. The van der Waals surface area contributed by atoms with Gasteiger partial charge in [-0.05, 0) is 30.3 Å². The highest BCUT2D eigenvalue weighted by Gasteiger charge is 2.30. The van der Waals surface area contributed by atoms with Gasteiger partial charge >= 0.3 is 6.18 Å². The Kier molecular flexibility index (Phi) is 4.06. The van der Waals surface area contributed by atoms with Crippen molar-refractivity contribution >= 4 is 17.1 Å². The minimum atomic E-state index is -4.52. The Morgan fingerprint density at radius 2 is 1.82 bits per heavy atom. The lowest BCUT2D eigenvalue weighted by atomic mass is 10.2. The predicted molar refractivity (Wildman–Crippen MR) is 70.4 cm³/mol. The molecule has 0 aliphatic rings. The molecule has 9 heteroatoms. The van der Waals surface area contributed by atoms with Crippen molar-refractivity contribution in [3.05, 3.63) is 58.1 Å². The molecule has 0 atom stereocenters. The lowest BCUT2D eigenvalue weighted by Crippen LogP contribution is -2.03. The Morgan fingerprint density at radius 3 is 2.45 bits per heavy atom. The van der Waals surface area contributed by atoms with Crippen LogP contribution in [0.5, 0.6) is 5.75 Å². The van der Waals surface area contributed by atoms with Crippen molar-refractivity contribution in [3.8, 4) is 5.75 Å². The fourth-order valence-electron chi connectivity index (χ4n) is 1.60. The molecule has 1 N–H and O–H groups in total. The van der Waals surface area contributed by atoms with E-state index in [0.717, 1.165) is 36.4 Å². The number of nitro benzene ring substituents is 1. The quantitative estimate of drug-likeness (QED) is 0.504. The third-order valence-electron chi connectivity index (χ3n) is 2.60. The number of aromatic hydroxyl groups is 1. The zero-order chi connectivity index (χ0) is 16.3. The molecule has 0 radical (unpaired) electrons. The van der Waals surface area contributed by atoms with Gasteiger partial charge < -0.3 is 5.11 Å². The molecule has 2 rings (SSSR count). The number of alkyl halides is 3. The maximum atomic E-state index is 12.6. The Bertz CT molecular complexity index is 745. The van der Waals surface area contributed by atoms with E-state index < -0.39 is 22.4 Å². The molecule has 2 aromatic rings. The molecule has 0 bridgehead atoms. The number of phenolic OH excluding ortho intramolecular Hbond substituents is 1. The fourth-order valence-corrected chi connectivity index (χ4v) is 1.60. The molecule has 0 saturated carbocycles. The molecule has 0 saturated heterocycles. The number of phenols is 1. The molecule has 0 aliphatic heterocycles. The largest absolute Gasteiger partial charge is 0.508 e. The summed E-state index contributed by atoms with van der Waals surface area (Å²) < 4.78 is 37.7. The second-order valence-electron chi connectivity index (χ2n) is 4.18. The van der Waals surface area contributed by atoms with Gasteiger partial charge in [0.2, 0.25) is 0 Å². The van der Waals surface area contributed by atoms with Crippen LogP contribution in [-0.2, 0) is 6.18 Å². The van der Waals surface area contributed by atoms with Crippen LogP contribution in [0, 0.1) is 10.1 Å². The lowest BCUT2D eigenvalue weighted by Gasteiger charge is -2.05. The molecule has 0 unspecified atom stereocenters. The molecule has 0 fully saturated rings. The van der Waals surface area contributed by atoms with Gasteiger partial charge in [0, 0.05) is 0 Å². The van der Waals surface area contributed by atoms with Gasteiger partial charge in [-0.15, -0.1) is 5.11 Å². The first-order valence-corrected chi connectivity index (χ1v) is 5.84. The van der Waals surface area contributed by atoms with Gasteiger partial charge in [0.15, 0.2) is 5.69 Å². The summed E-state index contributed by atoms with van der Waals surface area (Å²) >= 11 is 0. The van der Waals surface area contributed by atoms with E-state index in [1.165, 1.54) is 6.07 Å². The summed E-state index contributed by atoms with van der Waals surface area (Å²) in [7, 11) is 0. The van der Waals surface area contributed by atoms with Crippen LogP contribution in [0.4, 0.5) is 30.2 Å². The number of halogens is 3. The highest BCUT2D eigenvalue weighted by Crippen LogP contribution is 2.34. The summed E-state index contributed by atoms with van der Waals surface area (Å²) in [6.45, 7) is 0. The lowest BCUT2D eigenvalue weighted by molar-refractivity contribution is -0.384. The summed E-state index contributed by atoms with van der Waals surface area (Å²) in [5.41, 5.74) is -1.68. The third kappa shape index (κ3) is 3.57. The number of hydrogen-bond donors (Lipinski definition) is 1. The smallest absolute Gasteiger partial charge is 0.416 e. The number of azo groups is 1. The van der Waals surface area contributed by atoms with Crippen LogP contribution in [-0.4, -0.2) is 10.0 Å². The average molecular weight is 311 g/mol. The van der Waals surface area contributed by atoms with Crippen molar-refractivity contribution < 1.29 is 23.2 Å². The van der Waals surface area contributed by atoms with Crippen molar-refractivity contribution in [2.75, 3.05) is 0 Å². The fraction of sp³-hybridized carbons (Fsp3) is 0.0769. The summed E-state index contributed by atoms with van der Waals surface area (Å²) in [6.07, 6.45) is -4.52. The number of hydrogen-bond acceptors (Lipinski definition) is 5. The molecular formula is C13H8F3N3O3. The summed E-state index contributed by atoms with van der Waals surface area (Å²) in [6, 6.07) is 7.27. The van der Waals surface area contributed by atoms with E-state index in [-0.39, 0.29) is 17.1 Å². The van der Waals surface area contributed by atoms with E-state index in [0.29, 0.717) is 0 Å². The van der Waals surface area contributed by atoms with Crippen LogP contribution in [0.1, 0.15) is 5.56 Å². The number of rotatable bonds is 3. The summed E-state index contributed by atoms with van der Waals surface area (Å²) in [5, 5.41) is 27.1. The van der Waals surface area contributed by atoms with Crippen molar-refractivity contribution in [2.45, 2.75) is 6.18 Å². The normalized spacial score (nSPS) is 11.8. The van der Waals surface area contributed by atoms with Crippen LogP contribution < -0.4 is 0 Å². The number of nitrogens with zero attached hydrogens (tertiary/aromatic N) is 3. The second-order valence-corrected chi connectivity index (χ2v) is 4.18. The van der Waals surface area contributed by atoms with Gasteiger partial charge in [-0.2, -0.15) is 18.3 Å². The van der Waals surface area contributed by atoms with E-state index in [1.807, 2.05) is 0 Å². The molecule has 0 amide bonds. The van der Waals surface area contributed by atoms with Gasteiger partial charge in [0.05, 0.1) is 22.2 Å². The van der Waals surface area contributed by atoms with E-state index in [9.17, 15) is 28.4 Å². The second kappa shape index (κ2) is 5.80. The Balaban J connectivity index is 2.35. The van der Waals surface area contributed by atoms with Crippen LogP contribution in [0.25, 0.3) is 0 Å². The van der Waals surface area contributed by atoms with Gasteiger partial charge in [-0.3, -0.25) is 10.1 Å². The van der Waals surface area contributed by atoms with Crippen LogP contribution >= 0.6 is 0 Å². The van der Waals surface area contributed by atoms with Crippen LogP contribution in [0.2, 0.25) is 0 Å². The SMILES string of the molecule is O=[N+]([O-])c1cc(O)ccc1/N=N/c1cccc(C(F)(F)F)c1. The monoisotopic (exact) mass is 311 g/mol. The Hall–Kier alpha value is -2.97. The highest BCUT2D eigenvalue weighted by atomic mass is 19.4. The molecule has 0 aromatic heterocycles. The van der Waals surface area contributed by atoms with Crippen molar-refractivity contribution in [3.63, 3.8) is 0 Å². The topological polar surface area (TPSA) is 88.1 Å². The zero-order valence-corrected chi connectivity index (χ0v) is 10.8. The van der Waals surface area contributed by atoms with Crippen molar-refractivity contribution in [2.24, 2.45) is 10.2 Å². The van der Waals surface area contributed by atoms with Gasteiger partial charge in [-0.1, -0.05) is 6.07 Å². The molecule has 0 spiro atoms. The standard InChI is InChI=1S/C13H8F3N3O3/c14-13(15,16)8-2-1-3-9(6-8)17-18-11-5-4-10(20)7-12(11)19(21)22/h1-7,20H/b18-17+. The van der Waals surface area contributed by atoms with Gasteiger partial charge in [0.1, 0.15) is 5.75 Å². The maximum absolute atomic E-state index is 12.6. The molecule has 114 valence electrons. The number of benzene rings is 2. The molecule has 0 heterocycles. The first-order valence-electron chi connectivity index (χ1n) is 5.84. The van der Waals surface area contributed by atoms with Gasteiger partial charge in [-0.25, -0.2) is 0 Å². The predicted octanol–water partition coefficient (Wildman–Crippen LogP) is 4.73. The molecule has 22 heavy (non-hydrogen) atoms. The molecule has 2 aromatic carbocycles. The third-order valence-corrected chi connectivity index (χ3v) is 2.60. The molecule has 0 aliphatic carbocycles. The maximum Gasteiger partial charge on any atom is 0.416 e. The van der Waals surface area contributed by atoms with Crippen LogP contribution in [0.15, 0.2) is 52.7 Å². The molecular weight excluding hydrogens is 303 g/mol. The number of nitro groups is 1. The zero-order valence-electron chi connectivity index (χ0n) is 10.8. The van der Waals surface area contributed by atoms with E-state index in [4.69, 9.17) is 0 Å². The average Bonchev–Trinajstić information content (AvgIpc) is 2.45. The van der Waals surface area contributed by atoms with E-state index in [2.05, 4.69) is 10.2 Å². The summed E-state index contributed by atoms with van der Waals surface area (Å²) in [5.74, 6) is -0.329. The van der Waals surface area contributed by atoms with Gasteiger partial charge in [0.25, 0.3) is 5.69 Å². The van der Waals surface area contributed by atoms with Crippen LogP contribution in [0.3, 0.4) is 0 Å². The van der Waals surface area contributed by atoms with Crippen molar-refractivity contribution in [1.82, 2.24) is 0 Å². The molecule has 6 nitrogen and oxygen atoms in total. The minimum absolute atomic E-state index is 0.0998. The minimum Gasteiger partial charge on any atom is -0.508 e. The van der Waals surface area contributed by atoms with E-state index >= 15 is 0 Å². The highest BCUT2D eigenvalue weighted by molar-refractivity contribution is 5.59. The Morgan fingerprint density at radius 1 is 1.09 bits per heavy atom. The Labute approximate surface area is 121 Å². The van der Waals surface area contributed by atoms with E-state index in [1.54, 1.807) is 0 Å².